The molecule has 0 radical (unpaired) electrons. The lowest BCUT2D eigenvalue weighted by molar-refractivity contribution is -0.131. The molecular weight excluding hydrogens is 286 g/mol. The molecule has 124 valence electrons. The molecule has 0 aliphatic carbocycles. The maximum absolute atomic E-state index is 10.7. The quantitative estimate of drug-likeness (QED) is 0.667. The van der Waals surface area contributed by atoms with Crippen molar-refractivity contribution in [3.05, 3.63) is 47.7 Å². The van der Waals surface area contributed by atoms with Gasteiger partial charge in [0.05, 0.1) is 0 Å². The minimum atomic E-state index is -0.878. The van der Waals surface area contributed by atoms with Crippen molar-refractivity contribution in [2.24, 2.45) is 0 Å². The maximum atomic E-state index is 10.7. The summed E-state index contributed by atoms with van der Waals surface area (Å²) < 4.78 is 2.41. The third kappa shape index (κ3) is 4.47. The molecule has 0 unspecified atom stereocenters. The van der Waals surface area contributed by atoms with Crippen LogP contribution in [0.25, 0.3) is 10.9 Å². The van der Waals surface area contributed by atoms with Gasteiger partial charge in [-0.05, 0) is 55.3 Å². The van der Waals surface area contributed by atoms with Crippen LogP contribution >= 0.6 is 0 Å². The van der Waals surface area contributed by atoms with Gasteiger partial charge in [-0.25, -0.2) is 4.79 Å². The summed E-state index contributed by atoms with van der Waals surface area (Å²) in [5.74, 6) is -0.878. The monoisotopic (exact) mass is 313 g/mol. The zero-order valence-corrected chi connectivity index (χ0v) is 14.4. The third-order valence-corrected chi connectivity index (χ3v) is 4.27. The van der Waals surface area contributed by atoms with Gasteiger partial charge in [0.15, 0.2) is 0 Å². The van der Waals surface area contributed by atoms with Crippen molar-refractivity contribution < 1.29 is 9.90 Å². The van der Waals surface area contributed by atoms with E-state index in [0.717, 1.165) is 11.1 Å². The number of hydrogen-bond acceptors (Lipinski definition) is 1. The van der Waals surface area contributed by atoms with Crippen molar-refractivity contribution >= 4 is 16.9 Å². The fraction of sp³-hybridized carbons (Fsp3) is 0.450. The van der Waals surface area contributed by atoms with E-state index >= 15 is 0 Å². The molecule has 23 heavy (non-hydrogen) atoms. The van der Waals surface area contributed by atoms with Gasteiger partial charge in [-0.3, -0.25) is 0 Å². The fourth-order valence-corrected chi connectivity index (χ4v) is 3.31. The van der Waals surface area contributed by atoms with Gasteiger partial charge in [-0.2, -0.15) is 0 Å². The number of carboxylic acids is 1. The van der Waals surface area contributed by atoms with Crippen LogP contribution in [0.2, 0.25) is 0 Å². The lowest BCUT2D eigenvalue weighted by Crippen LogP contribution is -2.07. The maximum Gasteiger partial charge on any atom is 0.328 e. The number of carbonyl (C=O) groups is 1. The Morgan fingerprint density at radius 3 is 2.52 bits per heavy atom. The second kappa shape index (κ2) is 8.00. The number of hydrogen-bond donors (Lipinski definition) is 1. The van der Waals surface area contributed by atoms with Gasteiger partial charge in [0.2, 0.25) is 0 Å². The van der Waals surface area contributed by atoms with E-state index in [1.807, 2.05) is 6.92 Å². The minimum Gasteiger partial charge on any atom is -0.478 e. The number of allylic oxidation sites excluding steroid dienone is 1. The molecule has 3 heteroatoms. The first-order chi connectivity index (χ1) is 11.0. The first-order valence-electron chi connectivity index (χ1n) is 8.54. The van der Waals surface area contributed by atoms with Gasteiger partial charge in [0.1, 0.15) is 0 Å². The molecule has 0 aliphatic rings. The third-order valence-electron chi connectivity index (χ3n) is 4.27. The van der Waals surface area contributed by atoms with Crippen molar-refractivity contribution in [1.29, 1.82) is 0 Å². The standard InChI is InChI=1S/C20H27NO2/c1-4-6-18(7-5-2)21-11-10-17-14-16(8-9-19(17)21)12-15(3)13-20(22)23/h8-11,13-14,18H,4-7,12H2,1-3H3,(H,22,23). The van der Waals surface area contributed by atoms with Crippen LogP contribution in [-0.2, 0) is 11.2 Å². The molecule has 2 aromatic rings. The summed E-state index contributed by atoms with van der Waals surface area (Å²) in [6.45, 7) is 6.34. The van der Waals surface area contributed by atoms with Gasteiger partial charge >= 0.3 is 5.97 Å². The highest BCUT2D eigenvalue weighted by atomic mass is 16.4. The van der Waals surface area contributed by atoms with Crippen LogP contribution in [0.1, 0.15) is 58.1 Å². The van der Waals surface area contributed by atoms with E-state index in [2.05, 4.69) is 48.9 Å². The van der Waals surface area contributed by atoms with Gasteiger partial charge < -0.3 is 9.67 Å². The van der Waals surface area contributed by atoms with Crippen LogP contribution < -0.4 is 0 Å². The summed E-state index contributed by atoms with van der Waals surface area (Å²) in [4.78, 5) is 10.7. The topological polar surface area (TPSA) is 42.2 Å². The Labute approximate surface area is 138 Å². The van der Waals surface area contributed by atoms with E-state index in [-0.39, 0.29) is 0 Å². The molecule has 3 nitrogen and oxygen atoms in total. The van der Waals surface area contributed by atoms with Crippen molar-refractivity contribution in [3.8, 4) is 0 Å². The second-order valence-corrected chi connectivity index (χ2v) is 6.35. The van der Waals surface area contributed by atoms with E-state index in [0.29, 0.717) is 12.5 Å². The number of aromatic nitrogens is 1. The highest BCUT2D eigenvalue weighted by molar-refractivity contribution is 5.82. The Balaban J connectivity index is 2.27. The summed E-state index contributed by atoms with van der Waals surface area (Å²) in [6, 6.07) is 9.22. The molecule has 1 heterocycles. The van der Waals surface area contributed by atoms with E-state index < -0.39 is 5.97 Å². The predicted octanol–water partition coefficient (Wildman–Crippen LogP) is 5.36. The van der Waals surface area contributed by atoms with Gasteiger partial charge in [0.25, 0.3) is 0 Å². The highest BCUT2D eigenvalue weighted by Gasteiger charge is 2.12. The molecule has 0 bridgehead atoms. The molecule has 0 saturated carbocycles. The van der Waals surface area contributed by atoms with Crippen LogP contribution in [-0.4, -0.2) is 15.6 Å². The van der Waals surface area contributed by atoms with E-state index in [9.17, 15) is 4.79 Å². The minimum absolute atomic E-state index is 0.571. The van der Waals surface area contributed by atoms with Crippen LogP contribution in [0.3, 0.4) is 0 Å². The average molecular weight is 313 g/mol. The van der Waals surface area contributed by atoms with Crippen LogP contribution in [0.4, 0.5) is 0 Å². The predicted molar refractivity (Wildman–Crippen MR) is 95.9 cm³/mol. The number of nitrogens with zero attached hydrogens (tertiary/aromatic N) is 1. The number of rotatable bonds is 8. The number of benzene rings is 1. The Hall–Kier alpha value is -2.03. The molecule has 1 N–H and O–H groups in total. The molecule has 2 rings (SSSR count). The number of carboxylic acid groups (broad SMARTS) is 1. The summed E-state index contributed by atoms with van der Waals surface area (Å²) in [7, 11) is 0. The summed E-state index contributed by atoms with van der Waals surface area (Å²) in [6.07, 6.45) is 8.97. The Bertz CT molecular complexity index is 691. The number of aliphatic carboxylic acids is 1. The number of fused-ring (bicyclic) bond motifs is 1. The van der Waals surface area contributed by atoms with Gasteiger partial charge in [-0.15, -0.1) is 0 Å². The van der Waals surface area contributed by atoms with E-state index in [1.54, 1.807) is 0 Å². The molecule has 0 atom stereocenters. The smallest absolute Gasteiger partial charge is 0.328 e. The lowest BCUT2D eigenvalue weighted by atomic mass is 10.0. The largest absolute Gasteiger partial charge is 0.478 e. The molecule has 0 spiro atoms. The Morgan fingerprint density at radius 2 is 1.91 bits per heavy atom. The van der Waals surface area contributed by atoms with Crippen molar-refractivity contribution in [2.75, 3.05) is 0 Å². The molecular formula is C20H27NO2. The second-order valence-electron chi connectivity index (χ2n) is 6.35. The fourth-order valence-electron chi connectivity index (χ4n) is 3.31. The van der Waals surface area contributed by atoms with Crippen LogP contribution in [0.15, 0.2) is 42.1 Å². The zero-order valence-electron chi connectivity index (χ0n) is 14.4. The van der Waals surface area contributed by atoms with Gasteiger partial charge in [0, 0.05) is 23.8 Å². The van der Waals surface area contributed by atoms with Gasteiger partial charge in [-0.1, -0.05) is 38.3 Å². The molecule has 0 aliphatic heterocycles. The van der Waals surface area contributed by atoms with Crippen molar-refractivity contribution in [3.63, 3.8) is 0 Å². The molecule has 1 aromatic carbocycles. The molecule has 0 amide bonds. The van der Waals surface area contributed by atoms with E-state index in [4.69, 9.17) is 5.11 Å². The molecule has 0 fully saturated rings. The lowest BCUT2D eigenvalue weighted by Gasteiger charge is -2.19. The van der Waals surface area contributed by atoms with Crippen molar-refractivity contribution in [2.45, 2.75) is 58.9 Å². The zero-order chi connectivity index (χ0) is 16.8. The summed E-state index contributed by atoms with van der Waals surface area (Å²) in [5.41, 5.74) is 3.31. The Morgan fingerprint density at radius 1 is 1.22 bits per heavy atom. The SMILES string of the molecule is CCCC(CCC)n1ccc2cc(CC(C)=CC(=O)O)ccc21. The normalized spacial score (nSPS) is 12.3. The first kappa shape index (κ1) is 17.3. The van der Waals surface area contributed by atoms with Crippen molar-refractivity contribution in [1.82, 2.24) is 4.57 Å². The molecule has 0 saturated heterocycles. The van der Waals surface area contributed by atoms with E-state index in [1.165, 1.54) is 42.7 Å². The summed E-state index contributed by atoms with van der Waals surface area (Å²) >= 11 is 0. The average Bonchev–Trinajstić information content (AvgIpc) is 2.89. The Kier molecular flexibility index (Phi) is 6.03. The highest BCUT2D eigenvalue weighted by Crippen LogP contribution is 2.27. The van der Waals surface area contributed by atoms with Crippen LogP contribution in [0.5, 0.6) is 0 Å². The first-order valence-corrected chi connectivity index (χ1v) is 8.54. The molecule has 1 aromatic heterocycles. The van der Waals surface area contributed by atoms with Crippen LogP contribution in [0, 0.1) is 0 Å². The summed E-state index contributed by atoms with van der Waals surface area (Å²) in [5, 5.41) is 10.1.